The predicted octanol–water partition coefficient (Wildman–Crippen LogP) is 3.79. The molecule has 45 heavy (non-hydrogen) atoms. The summed E-state index contributed by atoms with van der Waals surface area (Å²) >= 11 is 0. The molecule has 2 aliphatic rings. The first-order chi connectivity index (χ1) is 21.7. The van der Waals surface area contributed by atoms with E-state index in [1.54, 1.807) is 17.0 Å². The number of rotatable bonds is 10. The number of amides is 1. The molecule has 12 heteroatoms. The second kappa shape index (κ2) is 13.6. The number of halogens is 2. The van der Waals surface area contributed by atoms with Crippen molar-refractivity contribution in [3.8, 4) is 5.69 Å². The van der Waals surface area contributed by atoms with E-state index in [0.29, 0.717) is 56.7 Å². The molecule has 6 rings (SSSR count). The second-order valence-electron chi connectivity index (χ2n) is 12.1. The summed E-state index contributed by atoms with van der Waals surface area (Å²) in [6.07, 6.45) is 3.43. The normalized spacial score (nSPS) is 16.7. The molecule has 2 aliphatic heterocycles. The minimum atomic E-state index is -0.588. The molecule has 0 radical (unpaired) electrons. The number of morpholine rings is 1. The van der Waals surface area contributed by atoms with Crippen LogP contribution in [0.15, 0.2) is 48.8 Å². The largest absolute Gasteiger partial charge is 0.379 e. The van der Waals surface area contributed by atoms with Crippen molar-refractivity contribution in [2.75, 3.05) is 78.4 Å². The van der Waals surface area contributed by atoms with Gasteiger partial charge in [0.1, 0.15) is 17.3 Å². The van der Waals surface area contributed by atoms with Gasteiger partial charge in [0, 0.05) is 81.4 Å². The molecule has 2 saturated heterocycles. The lowest BCUT2D eigenvalue weighted by molar-refractivity contribution is -0.136. The Morgan fingerprint density at radius 2 is 1.76 bits per heavy atom. The first-order valence-electron chi connectivity index (χ1n) is 15.4. The molecular weight excluding hydrogens is 578 g/mol. The van der Waals surface area contributed by atoms with Crippen LogP contribution in [0.2, 0.25) is 0 Å². The van der Waals surface area contributed by atoms with E-state index in [1.165, 1.54) is 12.1 Å². The molecule has 0 saturated carbocycles. The number of aryl methyl sites for hydroxylation is 1. The van der Waals surface area contributed by atoms with Crippen LogP contribution in [0.1, 0.15) is 16.7 Å². The van der Waals surface area contributed by atoms with Gasteiger partial charge in [-0.05, 0) is 62.5 Å². The van der Waals surface area contributed by atoms with Crippen molar-refractivity contribution in [3.05, 3.63) is 77.1 Å². The van der Waals surface area contributed by atoms with Crippen molar-refractivity contribution in [2.45, 2.75) is 20.0 Å². The van der Waals surface area contributed by atoms with E-state index in [4.69, 9.17) is 9.72 Å². The van der Waals surface area contributed by atoms with E-state index >= 15 is 8.78 Å². The Morgan fingerprint density at radius 1 is 0.978 bits per heavy atom. The van der Waals surface area contributed by atoms with E-state index in [9.17, 15) is 4.79 Å². The number of likely N-dealkylation sites (N-methyl/N-ethyl adjacent to an activating group) is 1. The quantitative estimate of drug-likeness (QED) is 0.288. The number of nitrogens with one attached hydrogen (secondary N) is 1. The van der Waals surface area contributed by atoms with Crippen molar-refractivity contribution < 1.29 is 18.3 Å². The summed E-state index contributed by atoms with van der Waals surface area (Å²) < 4.78 is 37.4. The molecule has 10 nitrogen and oxygen atoms in total. The summed E-state index contributed by atoms with van der Waals surface area (Å²) in [5, 5.41) is 4.04. The Kier molecular flexibility index (Phi) is 9.36. The topological polar surface area (TPSA) is 82.0 Å². The Morgan fingerprint density at radius 3 is 2.49 bits per heavy atom. The Hall–Kier alpha value is -3.97. The van der Waals surface area contributed by atoms with Crippen molar-refractivity contribution in [1.82, 2.24) is 34.1 Å². The number of hydrogen-bond donors (Lipinski definition) is 1. The van der Waals surface area contributed by atoms with Gasteiger partial charge in [0.2, 0.25) is 11.9 Å². The van der Waals surface area contributed by atoms with Crippen LogP contribution < -0.4 is 5.32 Å². The number of hydrogen-bond acceptors (Lipinski definition) is 8. The molecule has 238 valence electrons. The molecular formula is C33H40F2N8O2. The minimum Gasteiger partial charge on any atom is -0.379 e. The van der Waals surface area contributed by atoms with Gasteiger partial charge in [-0.25, -0.2) is 13.8 Å². The number of nitrogens with zero attached hydrogens (tertiary/aromatic N) is 7. The SMILES string of the molecule is Cc1ccc(Nc2ncc3ccn(-c4cc(F)c(CN5CCOCC5)c(F)c4)c3n2)cc1CN1CCN(CCN(C)C)C(=O)C1. The van der Waals surface area contributed by atoms with E-state index in [1.807, 2.05) is 42.1 Å². The highest BCUT2D eigenvalue weighted by Crippen LogP contribution is 2.26. The number of aromatic nitrogens is 3. The van der Waals surface area contributed by atoms with Crippen LogP contribution in [0.5, 0.6) is 0 Å². The fourth-order valence-electron chi connectivity index (χ4n) is 5.79. The highest BCUT2D eigenvalue weighted by atomic mass is 19.1. The molecule has 2 fully saturated rings. The summed E-state index contributed by atoms with van der Waals surface area (Å²) in [5.41, 5.74) is 4.00. The van der Waals surface area contributed by atoms with Gasteiger partial charge in [0.05, 0.1) is 25.4 Å². The Labute approximate surface area is 262 Å². The average molecular weight is 619 g/mol. The maximum absolute atomic E-state index is 15.2. The van der Waals surface area contributed by atoms with Crippen LogP contribution in [-0.4, -0.2) is 113 Å². The molecule has 0 unspecified atom stereocenters. The number of piperazine rings is 1. The van der Waals surface area contributed by atoms with Gasteiger partial charge < -0.3 is 24.4 Å². The number of anilines is 2. The van der Waals surface area contributed by atoms with Crippen LogP contribution in [0, 0.1) is 18.6 Å². The summed E-state index contributed by atoms with van der Waals surface area (Å²) in [6.45, 7) is 8.89. The Balaban J connectivity index is 1.16. The zero-order valence-corrected chi connectivity index (χ0v) is 26.1. The maximum atomic E-state index is 15.2. The predicted molar refractivity (Wildman–Crippen MR) is 170 cm³/mol. The van der Waals surface area contributed by atoms with Gasteiger partial charge in [0.15, 0.2) is 0 Å². The monoisotopic (exact) mass is 618 g/mol. The summed E-state index contributed by atoms with van der Waals surface area (Å²) in [7, 11) is 4.03. The maximum Gasteiger partial charge on any atom is 0.236 e. The van der Waals surface area contributed by atoms with E-state index < -0.39 is 11.6 Å². The van der Waals surface area contributed by atoms with E-state index in [0.717, 1.165) is 48.4 Å². The summed E-state index contributed by atoms with van der Waals surface area (Å²) in [5.74, 6) is -0.651. The lowest BCUT2D eigenvalue weighted by atomic mass is 10.1. The number of carbonyl (C=O) groups excluding carboxylic acids is 1. The standard InChI is InChI=1S/C33H40F2N8O2/c1-23-4-5-26(16-25(23)20-41-9-11-42(31(44)22-41)10-8-39(2)3)37-33-36-19-24-6-7-43(32(24)38-33)27-17-29(34)28(30(35)18-27)21-40-12-14-45-15-13-40/h4-7,16-19H,8-15,20-22H2,1-3H3,(H,36,37,38). The van der Waals surface area contributed by atoms with Crippen LogP contribution in [0.25, 0.3) is 16.7 Å². The van der Waals surface area contributed by atoms with Gasteiger partial charge in [-0.2, -0.15) is 4.98 Å². The fraction of sp³-hybridized carbons (Fsp3) is 0.424. The van der Waals surface area contributed by atoms with Gasteiger partial charge in [0.25, 0.3) is 0 Å². The number of benzene rings is 2. The number of fused-ring (bicyclic) bond motifs is 1. The van der Waals surface area contributed by atoms with Crippen molar-refractivity contribution >= 4 is 28.6 Å². The third-order valence-electron chi connectivity index (χ3n) is 8.53. The molecule has 0 atom stereocenters. The molecule has 4 heterocycles. The highest BCUT2D eigenvalue weighted by molar-refractivity contribution is 5.79. The zero-order valence-electron chi connectivity index (χ0n) is 26.1. The molecule has 0 aliphatic carbocycles. The third kappa shape index (κ3) is 7.30. The first-order valence-corrected chi connectivity index (χ1v) is 15.4. The lowest BCUT2D eigenvalue weighted by Gasteiger charge is -2.35. The van der Waals surface area contributed by atoms with E-state index in [-0.39, 0.29) is 18.0 Å². The lowest BCUT2D eigenvalue weighted by Crippen LogP contribution is -2.51. The molecule has 0 spiro atoms. The molecule has 2 aromatic heterocycles. The van der Waals surface area contributed by atoms with Crippen LogP contribution >= 0.6 is 0 Å². The second-order valence-corrected chi connectivity index (χ2v) is 12.1. The van der Waals surface area contributed by atoms with Crippen LogP contribution in [-0.2, 0) is 22.6 Å². The third-order valence-corrected chi connectivity index (χ3v) is 8.53. The van der Waals surface area contributed by atoms with Gasteiger partial charge in [-0.15, -0.1) is 0 Å². The molecule has 2 aromatic carbocycles. The van der Waals surface area contributed by atoms with Gasteiger partial charge in [-0.1, -0.05) is 6.07 Å². The molecule has 1 amide bonds. The number of ether oxygens (including phenoxy) is 1. The van der Waals surface area contributed by atoms with E-state index in [2.05, 4.69) is 33.1 Å². The fourth-order valence-corrected chi connectivity index (χ4v) is 5.79. The van der Waals surface area contributed by atoms with Crippen molar-refractivity contribution in [2.24, 2.45) is 0 Å². The zero-order chi connectivity index (χ0) is 31.5. The Bertz CT molecular complexity index is 1650. The molecule has 4 aromatic rings. The first kappa shape index (κ1) is 31.0. The summed E-state index contributed by atoms with van der Waals surface area (Å²) in [6, 6.07) is 10.6. The highest BCUT2D eigenvalue weighted by Gasteiger charge is 2.24. The van der Waals surface area contributed by atoms with Crippen LogP contribution in [0.3, 0.4) is 0 Å². The van der Waals surface area contributed by atoms with Gasteiger partial charge in [-0.3, -0.25) is 14.6 Å². The van der Waals surface area contributed by atoms with Gasteiger partial charge >= 0.3 is 0 Å². The number of carbonyl (C=O) groups is 1. The van der Waals surface area contributed by atoms with Crippen LogP contribution in [0.4, 0.5) is 20.4 Å². The minimum absolute atomic E-state index is 0.0554. The summed E-state index contributed by atoms with van der Waals surface area (Å²) in [4.78, 5) is 30.1. The molecule has 0 bridgehead atoms. The average Bonchev–Trinajstić information content (AvgIpc) is 3.44. The smallest absolute Gasteiger partial charge is 0.236 e. The van der Waals surface area contributed by atoms with Crippen molar-refractivity contribution in [3.63, 3.8) is 0 Å². The van der Waals surface area contributed by atoms with Crippen molar-refractivity contribution in [1.29, 1.82) is 0 Å². The molecule has 1 N–H and O–H groups in total.